The molecule has 0 amide bonds. The number of hydrogen-bond donors (Lipinski definition) is 0. The summed E-state index contributed by atoms with van der Waals surface area (Å²) in [5.74, 6) is -0.467. The van der Waals surface area contributed by atoms with Crippen LogP contribution in [0.5, 0.6) is 11.5 Å². The second-order valence-electron chi connectivity index (χ2n) is 6.32. The van der Waals surface area contributed by atoms with E-state index in [9.17, 15) is 19.7 Å². The molecule has 1 aliphatic rings. The van der Waals surface area contributed by atoms with Gasteiger partial charge in [-0.2, -0.15) is 0 Å². The average Bonchev–Trinajstić information content (AvgIpc) is 3.04. The SMILES string of the molecule is O=C(Oc1ccc2c(c1)OC(=Cc1ccccc1Br)C2=O)c1cccc([N+](=O)[O-])c1. The molecule has 0 fully saturated rings. The summed E-state index contributed by atoms with van der Waals surface area (Å²) >= 11 is 3.42. The maximum atomic E-state index is 12.6. The van der Waals surface area contributed by atoms with Crippen LogP contribution in [0.15, 0.2) is 77.0 Å². The van der Waals surface area contributed by atoms with E-state index in [0.29, 0.717) is 5.56 Å². The zero-order valence-electron chi connectivity index (χ0n) is 15.2. The summed E-state index contributed by atoms with van der Waals surface area (Å²) < 4.78 is 11.8. The lowest BCUT2D eigenvalue weighted by Crippen LogP contribution is -2.08. The maximum absolute atomic E-state index is 12.6. The number of ketones is 1. The third-order valence-electron chi connectivity index (χ3n) is 4.34. The van der Waals surface area contributed by atoms with E-state index in [-0.39, 0.29) is 34.3 Å². The van der Waals surface area contributed by atoms with E-state index in [1.165, 1.54) is 36.4 Å². The number of halogens is 1. The van der Waals surface area contributed by atoms with Crippen LogP contribution in [-0.4, -0.2) is 16.7 Å². The number of esters is 1. The van der Waals surface area contributed by atoms with E-state index in [1.54, 1.807) is 6.08 Å². The van der Waals surface area contributed by atoms with Crippen LogP contribution in [0.3, 0.4) is 0 Å². The van der Waals surface area contributed by atoms with Crippen LogP contribution in [0, 0.1) is 10.1 Å². The van der Waals surface area contributed by atoms with E-state index >= 15 is 0 Å². The van der Waals surface area contributed by atoms with Gasteiger partial charge in [-0.15, -0.1) is 0 Å². The molecule has 3 aromatic carbocycles. The number of Topliss-reactive ketones (excluding diaryl/α,β-unsaturated/α-hetero) is 1. The standard InChI is InChI=1S/C22H12BrNO6/c23-18-7-2-1-4-13(18)11-20-21(25)17-9-8-16(12-19(17)30-20)29-22(26)14-5-3-6-15(10-14)24(27)28/h1-12H. The highest BCUT2D eigenvalue weighted by atomic mass is 79.9. The molecule has 0 unspecified atom stereocenters. The molecule has 3 aromatic rings. The Labute approximate surface area is 178 Å². The predicted molar refractivity (Wildman–Crippen MR) is 112 cm³/mol. The Kier molecular flexibility index (Phi) is 5.16. The number of nitrogens with zero attached hydrogens (tertiary/aromatic N) is 1. The predicted octanol–water partition coefficient (Wildman–Crippen LogP) is 5.19. The van der Waals surface area contributed by atoms with Crippen molar-refractivity contribution in [1.82, 2.24) is 0 Å². The van der Waals surface area contributed by atoms with Crippen molar-refractivity contribution in [2.24, 2.45) is 0 Å². The van der Waals surface area contributed by atoms with E-state index in [2.05, 4.69) is 15.9 Å². The first-order valence-corrected chi connectivity index (χ1v) is 9.51. The summed E-state index contributed by atoms with van der Waals surface area (Å²) in [7, 11) is 0. The molecule has 4 rings (SSSR count). The number of benzene rings is 3. The summed E-state index contributed by atoms with van der Waals surface area (Å²) in [5, 5.41) is 10.9. The number of nitro benzene ring substituents is 1. The first-order valence-electron chi connectivity index (χ1n) is 8.72. The zero-order chi connectivity index (χ0) is 21.3. The highest BCUT2D eigenvalue weighted by Crippen LogP contribution is 2.35. The Morgan fingerprint density at radius 3 is 2.63 bits per heavy atom. The van der Waals surface area contributed by atoms with Crippen LogP contribution in [0.25, 0.3) is 6.08 Å². The normalized spacial score (nSPS) is 13.6. The molecule has 7 nitrogen and oxygen atoms in total. The molecule has 1 heterocycles. The van der Waals surface area contributed by atoms with Gasteiger partial charge in [-0.05, 0) is 35.9 Å². The van der Waals surface area contributed by atoms with E-state index in [0.717, 1.165) is 16.1 Å². The number of nitro groups is 1. The van der Waals surface area contributed by atoms with Gasteiger partial charge in [0, 0.05) is 22.7 Å². The smallest absolute Gasteiger partial charge is 0.343 e. The molecule has 0 radical (unpaired) electrons. The highest BCUT2D eigenvalue weighted by Gasteiger charge is 2.28. The van der Waals surface area contributed by atoms with Crippen molar-refractivity contribution in [1.29, 1.82) is 0 Å². The summed E-state index contributed by atoms with van der Waals surface area (Å²) in [6.07, 6.45) is 1.63. The first kappa shape index (κ1) is 19.5. The second-order valence-corrected chi connectivity index (χ2v) is 7.17. The minimum absolute atomic E-state index is 0.0382. The molecule has 30 heavy (non-hydrogen) atoms. The number of hydrogen-bond acceptors (Lipinski definition) is 6. The third kappa shape index (κ3) is 3.85. The van der Waals surface area contributed by atoms with E-state index in [4.69, 9.17) is 9.47 Å². The first-order chi connectivity index (χ1) is 14.4. The van der Waals surface area contributed by atoms with Gasteiger partial charge in [-0.1, -0.05) is 40.2 Å². The lowest BCUT2D eigenvalue weighted by molar-refractivity contribution is -0.384. The van der Waals surface area contributed by atoms with Crippen LogP contribution in [0.1, 0.15) is 26.3 Å². The van der Waals surface area contributed by atoms with Gasteiger partial charge in [0.2, 0.25) is 5.78 Å². The number of carbonyl (C=O) groups is 2. The van der Waals surface area contributed by atoms with Crippen LogP contribution in [-0.2, 0) is 0 Å². The van der Waals surface area contributed by atoms with Crippen LogP contribution in [0.4, 0.5) is 5.69 Å². The molecule has 0 aromatic heterocycles. The molecule has 1 aliphatic heterocycles. The fraction of sp³-hybridized carbons (Fsp3) is 0. The largest absolute Gasteiger partial charge is 0.452 e. The number of carbonyl (C=O) groups excluding carboxylic acids is 2. The third-order valence-corrected chi connectivity index (χ3v) is 5.06. The molecule has 0 aliphatic carbocycles. The van der Waals surface area contributed by atoms with Gasteiger partial charge < -0.3 is 9.47 Å². The number of allylic oxidation sites excluding steroid dienone is 1. The van der Waals surface area contributed by atoms with Gasteiger partial charge in [0.1, 0.15) is 11.5 Å². The van der Waals surface area contributed by atoms with Crippen molar-refractivity contribution < 1.29 is 24.0 Å². The molecular weight excluding hydrogens is 454 g/mol. The fourth-order valence-electron chi connectivity index (χ4n) is 2.88. The van der Waals surface area contributed by atoms with Crippen molar-refractivity contribution in [3.05, 3.63) is 104 Å². The maximum Gasteiger partial charge on any atom is 0.343 e. The summed E-state index contributed by atoms with van der Waals surface area (Å²) in [6.45, 7) is 0. The van der Waals surface area contributed by atoms with Gasteiger partial charge >= 0.3 is 5.97 Å². The number of rotatable bonds is 4. The van der Waals surface area contributed by atoms with E-state index < -0.39 is 10.9 Å². The molecule has 0 saturated heterocycles. The van der Waals surface area contributed by atoms with Crippen LogP contribution < -0.4 is 9.47 Å². The van der Waals surface area contributed by atoms with Gasteiger partial charge in [0.05, 0.1) is 16.1 Å². The van der Waals surface area contributed by atoms with Crippen molar-refractivity contribution >= 4 is 39.4 Å². The van der Waals surface area contributed by atoms with Crippen LogP contribution >= 0.6 is 15.9 Å². The lowest BCUT2D eigenvalue weighted by Gasteiger charge is -2.05. The molecule has 0 N–H and O–H groups in total. The minimum atomic E-state index is -0.757. The van der Waals surface area contributed by atoms with Crippen molar-refractivity contribution in [2.75, 3.05) is 0 Å². The average molecular weight is 466 g/mol. The number of non-ortho nitro benzene ring substituents is 1. The molecule has 0 spiro atoms. The summed E-state index contributed by atoms with van der Waals surface area (Å²) in [6, 6.07) is 17.0. The summed E-state index contributed by atoms with van der Waals surface area (Å²) in [4.78, 5) is 35.2. The molecule has 0 atom stereocenters. The molecule has 0 bridgehead atoms. The van der Waals surface area contributed by atoms with Gasteiger partial charge in [0.15, 0.2) is 5.76 Å². The van der Waals surface area contributed by atoms with Crippen molar-refractivity contribution in [3.8, 4) is 11.5 Å². The Bertz CT molecular complexity index is 1230. The highest BCUT2D eigenvalue weighted by molar-refractivity contribution is 9.10. The van der Waals surface area contributed by atoms with Crippen LogP contribution in [0.2, 0.25) is 0 Å². The Morgan fingerprint density at radius 2 is 1.87 bits per heavy atom. The second kappa shape index (κ2) is 7.92. The number of fused-ring (bicyclic) bond motifs is 1. The zero-order valence-corrected chi connectivity index (χ0v) is 16.8. The summed E-state index contributed by atoms with van der Waals surface area (Å²) in [5.41, 5.74) is 0.958. The van der Waals surface area contributed by atoms with E-state index in [1.807, 2.05) is 24.3 Å². The number of ether oxygens (including phenoxy) is 2. The Morgan fingerprint density at radius 1 is 1.07 bits per heavy atom. The van der Waals surface area contributed by atoms with Crippen molar-refractivity contribution in [3.63, 3.8) is 0 Å². The van der Waals surface area contributed by atoms with Crippen molar-refractivity contribution in [2.45, 2.75) is 0 Å². The molecular formula is C22H12BrNO6. The monoisotopic (exact) mass is 465 g/mol. The van der Waals surface area contributed by atoms with Gasteiger partial charge in [-0.3, -0.25) is 14.9 Å². The quantitative estimate of drug-likeness (QED) is 0.173. The van der Waals surface area contributed by atoms with Gasteiger partial charge in [0.25, 0.3) is 5.69 Å². The van der Waals surface area contributed by atoms with Gasteiger partial charge in [-0.25, -0.2) is 4.79 Å². The molecule has 8 heteroatoms. The Balaban J connectivity index is 1.56. The Hall–Kier alpha value is -3.78. The lowest BCUT2D eigenvalue weighted by atomic mass is 10.1. The fourth-order valence-corrected chi connectivity index (χ4v) is 3.28. The molecule has 148 valence electrons. The minimum Gasteiger partial charge on any atom is -0.452 e. The molecule has 0 saturated carbocycles. The topological polar surface area (TPSA) is 95.7 Å².